The Morgan fingerprint density at radius 1 is 0.824 bits per heavy atom. The van der Waals surface area contributed by atoms with E-state index >= 15 is 0 Å². The number of benzene rings is 4. The lowest BCUT2D eigenvalue weighted by molar-refractivity contribution is 0.0953. The molecule has 4 aromatic rings. The lowest BCUT2D eigenvalue weighted by atomic mass is 10.0. The average molecular weight is 467 g/mol. The molecule has 168 valence electrons. The van der Waals surface area contributed by atoms with Gasteiger partial charge in [-0.3, -0.25) is 4.79 Å². The minimum atomic E-state index is -0.322. The molecule has 1 heterocycles. The van der Waals surface area contributed by atoms with E-state index in [9.17, 15) is 9.18 Å². The summed E-state index contributed by atoms with van der Waals surface area (Å²) in [5, 5.41) is 3.01. The Labute approximate surface area is 202 Å². The van der Waals surface area contributed by atoms with E-state index in [1.165, 1.54) is 11.6 Å². The quantitative estimate of drug-likeness (QED) is 0.279. The molecule has 0 aromatic heterocycles. The summed E-state index contributed by atoms with van der Waals surface area (Å²) in [6.07, 6.45) is 1.78. The predicted molar refractivity (Wildman–Crippen MR) is 136 cm³/mol. The van der Waals surface area contributed by atoms with Crippen LogP contribution in [0, 0.1) is 5.82 Å². The second-order valence-electron chi connectivity index (χ2n) is 8.07. The summed E-state index contributed by atoms with van der Waals surface area (Å²) in [6.45, 7) is 0.592. The van der Waals surface area contributed by atoms with Crippen molar-refractivity contribution in [2.24, 2.45) is 4.99 Å². The number of halogens is 1. The number of rotatable bonds is 6. The van der Waals surface area contributed by atoms with Crippen LogP contribution in [0.25, 0.3) is 0 Å². The summed E-state index contributed by atoms with van der Waals surface area (Å²) in [4.78, 5) is 19.6. The molecule has 5 heteroatoms. The molecule has 1 amide bonds. The largest absolute Gasteiger partial charge is 0.352 e. The maximum Gasteiger partial charge on any atom is 0.251 e. The number of aryl methyl sites for hydroxylation is 1. The highest BCUT2D eigenvalue weighted by Crippen LogP contribution is 2.41. The first-order valence-electron chi connectivity index (χ1n) is 11.3. The van der Waals surface area contributed by atoms with Gasteiger partial charge in [0.1, 0.15) is 5.82 Å². The number of nitrogens with zero attached hydrogens (tertiary/aromatic N) is 1. The van der Waals surface area contributed by atoms with Crippen molar-refractivity contribution in [3.05, 3.63) is 125 Å². The molecule has 0 aliphatic carbocycles. The van der Waals surface area contributed by atoms with Crippen LogP contribution >= 0.6 is 11.8 Å². The lowest BCUT2D eigenvalue weighted by Gasteiger charge is -2.09. The van der Waals surface area contributed by atoms with Crippen LogP contribution in [0.5, 0.6) is 0 Å². The standard InChI is InChI=1S/C29H23FN2OS/c30-24-14-6-4-12-22(24)28-23-13-5-7-15-26(23)34-27-17-16-21(19-25(27)32-28)29(33)31-18-8-11-20-9-2-1-3-10-20/h1-7,9-10,12-17,19H,8,11,18H2,(H,31,33). The summed E-state index contributed by atoms with van der Waals surface area (Å²) in [6, 6.07) is 30.3. The van der Waals surface area contributed by atoms with Crippen LogP contribution in [0.3, 0.4) is 0 Å². The van der Waals surface area contributed by atoms with Crippen LogP contribution in [0.1, 0.15) is 33.5 Å². The number of amides is 1. The zero-order valence-corrected chi connectivity index (χ0v) is 19.3. The molecule has 5 rings (SSSR count). The highest BCUT2D eigenvalue weighted by atomic mass is 32.2. The smallest absolute Gasteiger partial charge is 0.251 e. The molecule has 0 saturated heterocycles. The monoisotopic (exact) mass is 466 g/mol. The number of hydrogen-bond acceptors (Lipinski definition) is 3. The number of aliphatic imine (C=N–C) groups is 1. The molecule has 0 bridgehead atoms. The molecule has 0 spiro atoms. The zero-order chi connectivity index (χ0) is 23.3. The second-order valence-corrected chi connectivity index (χ2v) is 9.15. The topological polar surface area (TPSA) is 41.5 Å². The maximum absolute atomic E-state index is 14.7. The third kappa shape index (κ3) is 4.80. The van der Waals surface area contributed by atoms with Crippen molar-refractivity contribution >= 4 is 29.1 Å². The highest BCUT2D eigenvalue weighted by Gasteiger charge is 2.21. The van der Waals surface area contributed by atoms with Gasteiger partial charge in [0.2, 0.25) is 0 Å². The first kappa shape index (κ1) is 22.1. The molecular weight excluding hydrogens is 443 g/mol. The van der Waals surface area contributed by atoms with E-state index in [4.69, 9.17) is 4.99 Å². The number of nitrogens with one attached hydrogen (secondary N) is 1. The van der Waals surface area contributed by atoms with Gasteiger partial charge in [-0.2, -0.15) is 0 Å². The SMILES string of the molecule is O=C(NCCCc1ccccc1)c1ccc2c(c1)N=C(c1ccccc1F)c1ccccc1S2. The molecule has 1 aliphatic rings. The molecule has 34 heavy (non-hydrogen) atoms. The number of hydrogen-bond donors (Lipinski definition) is 1. The average Bonchev–Trinajstić information content (AvgIpc) is 3.03. The molecular formula is C29H23FN2OS. The third-order valence-electron chi connectivity index (χ3n) is 5.72. The fourth-order valence-corrected chi connectivity index (χ4v) is 4.99. The van der Waals surface area contributed by atoms with Gasteiger partial charge >= 0.3 is 0 Å². The van der Waals surface area contributed by atoms with Crippen LogP contribution in [0.4, 0.5) is 10.1 Å². The van der Waals surface area contributed by atoms with Crippen LogP contribution in [-0.4, -0.2) is 18.2 Å². The highest BCUT2D eigenvalue weighted by molar-refractivity contribution is 7.99. The molecule has 0 radical (unpaired) electrons. The first-order valence-corrected chi connectivity index (χ1v) is 12.1. The Balaban J connectivity index is 1.40. The Kier molecular flexibility index (Phi) is 6.54. The van der Waals surface area contributed by atoms with E-state index in [0.717, 1.165) is 28.2 Å². The predicted octanol–water partition coefficient (Wildman–Crippen LogP) is 6.82. The van der Waals surface area contributed by atoms with E-state index in [-0.39, 0.29) is 11.7 Å². The number of fused-ring (bicyclic) bond motifs is 2. The summed E-state index contributed by atoms with van der Waals surface area (Å²) >= 11 is 1.58. The molecule has 0 fully saturated rings. The van der Waals surface area contributed by atoms with E-state index in [2.05, 4.69) is 17.4 Å². The lowest BCUT2D eigenvalue weighted by Crippen LogP contribution is -2.24. The maximum atomic E-state index is 14.7. The van der Waals surface area contributed by atoms with Crippen molar-refractivity contribution < 1.29 is 9.18 Å². The fourth-order valence-electron chi connectivity index (χ4n) is 3.98. The van der Waals surface area contributed by atoms with Gasteiger partial charge in [-0.15, -0.1) is 0 Å². The van der Waals surface area contributed by atoms with Crippen LogP contribution < -0.4 is 5.32 Å². The van der Waals surface area contributed by atoms with Gasteiger partial charge in [-0.1, -0.05) is 72.4 Å². The molecule has 1 aliphatic heterocycles. The van der Waals surface area contributed by atoms with E-state index in [0.29, 0.717) is 29.1 Å². The van der Waals surface area contributed by atoms with E-state index in [1.807, 2.05) is 60.7 Å². The Morgan fingerprint density at radius 2 is 1.56 bits per heavy atom. The van der Waals surface area contributed by atoms with Crippen molar-refractivity contribution in [1.29, 1.82) is 0 Å². The van der Waals surface area contributed by atoms with Gasteiger partial charge < -0.3 is 5.32 Å². The summed E-state index contributed by atoms with van der Waals surface area (Å²) in [7, 11) is 0. The van der Waals surface area contributed by atoms with Crippen molar-refractivity contribution in [2.45, 2.75) is 22.6 Å². The molecule has 0 saturated carbocycles. The Morgan fingerprint density at radius 3 is 2.38 bits per heavy atom. The minimum Gasteiger partial charge on any atom is -0.352 e. The van der Waals surface area contributed by atoms with Crippen molar-refractivity contribution in [3.8, 4) is 0 Å². The third-order valence-corrected chi connectivity index (χ3v) is 6.86. The van der Waals surface area contributed by atoms with Crippen LogP contribution in [0.2, 0.25) is 0 Å². The Hall–Kier alpha value is -3.70. The van der Waals surface area contributed by atoms with Gasteiger partial charge in [-0.05, 0) is 54.8 Å². The van der Waals surface area contributed by atoms with Crippen LogP contribution in [-0.2, 0) is 6.42 Å². The molecule has 0 unspecified atom stereocenters. The molecule has 3 nitrogen and oxygen atoms in total. The number of carbonyl (C=O) groups is 1. The van der Waals surface area contributed by atoms with Crippen molar-refractivity contribution in [1.82, 2.24) is 5.32 Å². The normalized spacial score (nSPS) is 12.2. The first-order chi connectivity index (χ1) is 16.7. The summed E-state index contributed by atoms with van der Waals surface area (Å²) in [5.41, 5.74) is 4.35. The van der Waals surface area contributed by atoms with Gasteiger partial charge in [-0.25, -0.2) is 9.38 Å². The molecule has 1 N–H and O–H groups in total. The van der Waals surface area contributed by atoms with Gasteiger partial charge in [0, 0.05) is 33.0 Å². The molecule has 4 aromatic carbocycles. The van der Waals surface area contributed by atoms with Gasteiger partial charge in [0.15, 0.2) is 0 Å². The summed E-state index contributed by atoms with van der Waals surface area (Å²) < 4.78 is 14.7. The van der Waals surface area contributed by atoms with E-state index in [1.54, 1.807) is 30.0 Å². The fraction of sp³-hybridized carbons (Fsp3) is 0.103. The van der Waals surface area contributed by atoms with Gasteiger partial charge in [0.25, 0.3) is 5.91 Å². The van der Waals surface area contributed by atoms with Gasteiger partial charge in [0.05, 0.1) is 11.4 Å². The zero-order valence-electron chi connectivity index (χ0n) is 18.5. The summed E-state index contributed by atoms with van der Waals surface area (Å²) in [5.74, 6) is -0.456. The van der Waals surface area contributed by atoms with Crippen molar-refractivity contribution in [3.63, 3.8) is 0 Å². The Bertz CT molecular complexity index is 1370. The molecule has 0 atom stereocenters. The number of carbonyl (C=O) groups excluding carboxylic acids is 1. The second kappa shape index (κ2) is 10.1. The van der Waals surface area contributed by atoms with E-state index < -0.39 is 0 Å². The minimum absolute atomic E-state index is 0.134. The van der Waals surface area contributed by atoms with Crippen LogP contribution in [0.15, 0.2) is 112 Å². The van der Waals surface area contributed by atoms with Crippen molar-refractivity contribution in [2.75, 3.05) is 6.54 Å².